The van der Waals surface area contributed by atoms with Gasteiger partial charge in [-0.3, -0.25) is 9.48 Å². The number of nitrogens with one attached hydrogen (secondary N) is 1. The average Bonchev–Trinajstić information content (AvgIpc) is 2.88. The van der Waals surface area contributed by atoms with Crippen molar-refractivity contribution in [3.05, 3.63) is 52.8 Å². The Hall–Kier alpha value is -2.14. The summed E-state index contributed by atoms with van der Waals surface area (Å²) in [5.41, 5.74) is 2.79. The zero-order chi connectivity index (χ0) is 16.3. The molecule has 2 N–H and O–H groups in total. The molecule has 0 spiro atoms. The molecule has 0 saturated heterocycles. The van der Waals surface area contributed by atoms with Crippen LogP contribution in [-0.2, 0) is 23.9 Å². The third kappa shape index (κ3) is 3.95. The molecule has 1 aromatic carbocycles. The number of carbonyl (C=O) groups is 1. The van der Waals surface area contributed by atoms with Crippen LogP contribution in [0.3, 0.4) is 0 Å². The van der Waals surface area contributed by atoms with Crippen LogP contribution in [0.1, 0.15) is 29.2 Å². The van der Waals surface area contributed by atoms with Gasteiger partial charge in [0.1, 0.15) is 5.60 Å². The molecule has 2 aromatic rings. The average molecular weight is 301 g/mol. The minimum atomic E-state index is -1.13. The maximum atomic E-state index is 12.1. The fraction of sp³-hybridized carbons (Fsp3) is 0.412. The summed E-state index contributed by atoms with van der Waals surface area (Å²) in [6, 6.07) is 6.07. The van der Waals surface area contributed by atoms with Crippen LogP contribution in [0.2, 0.25) is 0 Å². The summed E-state index contributed by atoms with van der Waals surface area (Å²) in [4.78, 5) is 12.1. The maximum Gasteiger partial charge on any atom is 0.224 e. The Morgan fingerprint density at radius 3 is 2.77 bits per heavy atom. The van der Waals surface area contributed by atoms with E-state index in [9.17, 15) is 9.90 Å². The molecular formula is C17H23N3O2. The number of aryl methyl sites for hydroxylation is 3. The number of carbonyl (C=O) groups excluding carboxylic acids is 1. The Kier molecular flexibility index (Phi) is 4.66. The first-order valence-electron chi connectivity index (χ1n) is 7.32. The van der Waals surface area contributed by atoms with E-state index in [1.807, 2.05) is 32.0 Å². The number of nitrogens with zero attached hydrogens (tertiary/aromatic N) is 2. The molecule has 1 aromatic heterocycles. The molecule has 1 atom stereocenters. The van der Waals surface area contributed by atoms with Crippen molar-refractivity contribution in [2.45, 2.75) is 32.8 Å². The van der Waals surface area contributed by atoms with E-state index >= 15 is 0 Å². The third-order valence-electron chi connectivity index (χ3n) is 3.81. The third-order valence-corrected chi connectivity index (χ3v) is 3.81. The highest BCUT2D eigenvalue weighted by atomic mass is 16.3. The van der Waals surface area contributed by atoms with Crippen LogP contribution in [-0.4, -0.2) is 27.3 Å². The largest absolute Gasteiger partial charge is 0.383 e. The first-order valence-corrected chi connectivity index (χ1v) is 7.32. The molecule has 2 rings (SSSR count). The number of benzene rings is 1. The lowest BCUT2D eigenvalue weighted by molar-refractivity contribution is -0.121. The quantitative estimate of drug-likeness (QED) is 0.881. The zero-order valence-electron chi connectivity index (χ0n) is 13.6. The van der Waals surface area contributed by atoms with Gasteiger partial charge in [-0.05, 0) is 31.9 Å². The van der Waals surface area contributed by atoms with Crippen molar-refractivity contribution in [3.63, 3.8) is 0 Å². The number of rotatable bonds is 5. The van der Waals surface area contributed by atoms with E-state index in [1.165, 1.54) is 0 Å². The lowest BCUT2D eigenvalue weighted by Gasteiger charge is -2.22. The van der Waals surface area contributed by atoms with E-state index in [0.29, 0.717) is 12.0 Å². The van der Waals surface area contributed by atoms with Gasteiger partial charge in [-0.15, -0.1) is 0 Å². The Balaban J connectivity index is 1.96. The van der Waals surface area contributed by atoms with Gasteiger partial charge in [0.15, 0.2) is 0 Å². The molecule has 5 nitrogen and oxygen atoms in total. The van der Waals surface area contributed by atoms with Crippen molar-refractivity contribution in [2.24, 2.45) is 7.05 Å². The summed E-state index contributed by atoms with van der Waals surface area (Å²) >= 11 is 0. The second kappa shape index (κ2) is 6.32. The van der Waals surface area contributed by atoms with Crippen LogP contribution in [0.25, 0.3) is 0 Å². The summed E-state index contributed by atoms with van der Waals surface area (Å²) in [6.45, 7) is 5.83. The molecular weight excluding hydrogens is 278 g/mol. The number of aliphatic hydroxyl groups is 1. The van der Waals surface area contributed by atoms with Gasteiger partial charge in [0.25, 0.3) is 0 Å². The molecule has 22 heavy (non-hydrogen) atoms. The summed E-state index contributed by atoms with van der Waals surface area (Å²) in [5, 5.41) is 17.3. The smallest absolute Gasteiger partial charge is 0.224 e. The number of aromatic nitrogens is 2. The summed E-state index contributed by atoms with van der Waals surface area (Å²) in [5.74, 6) is -0.0992. The highest BCUT2D eigenvalue weighted by Crippen LogP contribution is 2.18. The van der Waals surface area contributed by atoms with E-state index in [1.54, 1.807) is 31.0 Å². The molecule has 1 heterocycles. The number of amides is 1. The fourth-order valence-electron chi connectivity index (χ4n) is 2.30. The number of hydrogen-bond donors (Lipinski definition) is 2. The van der Waals surface area contributed by atoms with E-state index in [0.717, 1.165) is 16.7 Å². The lowest BCUT2D eigenvalue weighted by Crippen LogP contribution is -2.39. The van der Waals surface area contributed by atoms with Crippen molar-refractivity contribution in [3.8, 4) is 0 Å². The summed E-state index contributed by atoms with van der Waals surface area (Å²) in [7, 11) is 1.79. The van der Waals surface area contributed by atoms with Gasteiger partial charge in [0.05, 0.1) is 19.2 Å². The summed E-state index contributed by atoms with van der Waals surface area (Å²) < 4.78 is 1.63. The maximum absolute atomic E-state index is 12.1. The van der Waals surface area contributed by atoms with Crippen molar-refractivity contribution < 1.29 is 9.90 Å². The van der Waals surface area contributed by atoms with Gasteiger partial charge in [-0.1, -0.05) is 23.8 Å². The number of hydrogen-bond acceptors (Lipinski definition) is 3. The van der Waals surface area contributed by atoms with Gasteiger partial charge in [-0.2, -0.15) is 5.10 Å². The van der Waals surface area contributed by atoms with E-state index in [4.69, 9.17) is 0 Å². The normalized spacial score (nSPS) is 13.7. The highest BCUT2D eigenvalue weighted by molar-refractivity contribution is 5.79. The molecule has 0 aliphatic heterocycles. The van der Waals surface area contributed by atoms with Gasteiger partial charge in [0, 0.05) is 18.8 Å². The van der Waals surface area contributed by atoms with E-state index in [2.05, 4.69) is 10.4 Å². The molecule has 0 aliphatic carbocycles. The zero-order valence-corrected chi connectivity index (χ0v) is 13.6. The van der Waals surface area contributed by atoms with Crippen LogP contribution in [0.4, 0.5) is 0 Å². The monoisotopic (exact) mass is 301 g/mol. The standard InChI is InChI=1S/C17H23N3O2/c1-12-5-6-13(2)14(7-12)8-16(21)18-11-17(3,22)15-9-19-20(4)10-15/h5-7,9-10,22H,8,11H2,1-4H3,(H,18,21). The van der Waals surface area contributed by atoms with Gasteiger partial charge < -0.3 is 10.4 Å². The van der Waals surface area contributed by atoms with Crippen LogP contribution in [0, 0.1) is 13.8 Å². The molecule has 0 saturated carbocycles. The minimum Gasteiger partial charge on any atom is -0.383 e. The van der Waals surface area contributed by atoms with Gasteiger partial charge in [-0.25, -0.2) is 0 Å². The molecule has 0 fully saturated rings. The lowest BCUT2D eigenvalue weighted by atomic mass is 9.99. The molecule has 1 amide bonds. The van der Waals surface area contributed by atoms with Crippen molar-refractivity contribution in [1.29, 1.82) is 0 Å². The van der Waals surface area contributed by atoms with Crippen molar-refractivity contribution >= 4 is 5.91 Å². The SMILES string of the molecule is Cc1ccc(C)c(CC(=O)NCC(C)(O)c2cnn(C)c2)c1. The van der Waals surface area contributed by atoms with Gasteiger partial charge in [0.2, 0.25) is 5.91 Å². The Labute approximate surface area is 131 Å². The molecule has 0 radical (unpaired) electrons. The van der Waals surface area contributed by atoms with Crippen LogP contribution < -0.4 is 5.32 Å². The fourth-order valence-corrected chi connectivity index (χ4v) is 2.30. The Bertz CT molecular complexity index is 674. The van der Waals surface area contributed by atoms with Crippen molar-refractivity contribution in [2.75, 3.05) is 6.54 Å². The molecule has 118 valence electrons. The van der Waals surface area contributed by atoms with Crippen LogP contribution in [0.15, 0.2) is 30.6 Å². The molecule has 0 aliphatic rings. The molecule has 1 unspecified atom stereocenters. The summed E-state index contributed by atoms with van der Waals surface area (Å²) in [6.07, 6.45) is 3.67. The van der Waals surface area contributed by atoms with Crippen LogP contribution in [0.5, 0.6) is 0 Å². The topological polar surface area (TPSA) is 67.2 Å². The van der Waals surface area contributed by atoms with E-state index in [-0.39, 0.29) is 12.5 Å². The molecule has 5 heteroatoms. The Morgan fingerprint density at radius 2 is 2.14 bits per heavy atom. The van der Waals surface area contributed by atoms with Gasteiger partial charge >= 0.3 is 0 Å². The van der Waals surface area contributed by atoms with Crippen molar-refractivity contribution in [1.82, 2.24) is 15.1 Å². The van der Waals surface area contributed by atoms with E-state index < -0.39 is 5.60 Å². The second-order valence-corrected chi connectivity index (χ2v) is 6.06. The Morgan fingerprint density at radius 1 is 1.41 bits per heavy atom. The minimum absolute atomic E-state index is 0.0992. The predicted molar refractivity (Wildman–Crippen MR) is 85.4 cm³/mol. The second-order valence-electron chi connectivity index (χ2n) is 6.06. The first-order chi connectivity index (χ1) is 10.3. The first kappa shape index (κ1) is 16.2. The highest BCUT2D eigenvalue weighted by Gasteiger charge is 2.25. The molecule has 0 bridgehead atoms. The van der Waals surface area contributed by atoms with Crippen LogP contribution >= 0.6 is 0 Å². The predicted octanol–water partition coefficient (Wildman–Crippen LogP) is 1.60.